The predicted octanol–water partition coefficient (Wildman–Crippen LogP) is 4.61. The van der Waals surface area contributed by atoms with Crippen LogP contribution in [0.25, 0.3) is 10.6 Å². The van der Waals surface area contributed by atoms with Gasteiger partial charge in [-0.15, -0.1) is 11.3 Å². The number of ether oxygens (including phenoxy) is 1. The third-order valence-electron chi connectivity index (χ3n) is 3.76. The molecule has 0 aliphatic carbocycles. The Morgan fingerprint density at radius 2 is 2.00 bits per heavy atom. The summed E-state index contributed by atoms with van der Waals surface area (Å²) in [4.78, 5) is 28.2. The van der Waals surface area contributed by atoms with Crippen LogP contribution >= 0.6 is 22.9 Å². The van der Waals surface area contributed by atoms with Gasteiger partial charge in [-0.2, -0.15) is 0 Å². The molecule has 2 aromatic carbocycles. The van der Waals surface area contributed by atoms with Crippen LogP contribution in [-0.2, 0) is 16.0 Å². The Kier molecular flexibility index (Phi) is 6.28. The predicted molar refractivity (Wildman–Crippen MR) is 112 cm³/mol. The van der Waals surface area contributed by atoms with Crippen molar-refractivity contribution in [3.8, 4) is 16.3 Å². The Balaban J connectivity index is 1.71. The van der Waals surface area contributed by atoms with Crippen molar-refractivity contribution in [1.29, 1.82) is 0 Å². The lowest BCUT2D eigenvalue weighted by atomic mass is 10.2. The van der Waals surface area contributed by atoms with E-state index >= 15 is 0 Å². The molecule has 28 heavy (non-hydrogen) atoms. The van der Waals surface area contributed by atoms with Crippen LogP contribution in [0.2, 0.25) is 5.02 Å². The molecule has 1 aromatic heterocycles. The number of thiazole rings is 1. The Bertz CT molecular complexity index is 1020. The van der Waals surface area contributed by atoms with Gasteiger partial charge < -0.3 is 15.4 Å². The summed E-state index contributed by atoms with van der Waals surface area (Å²) in [6.07, 6.45) is 0.116. The molecule has 0 aliphatic rings. The maximum absolute atomic E-state index is 12.5. The average molecular weight is 416 g/mol. The molecular formula is C20H18ClN3O3S. The fraction of sp³-hybridized carbons (Fsp3) is 0.150. The van der Waals surface area contributed by atoms with Gasteiger partial charge in [-0.1, -0.05) is 23.7 Å². The summed E-state index contributed by atoms with van der Waals surface area (Å²) in [7, 11) is 1.51. The summed E-state index contributed by atoms with van der Waals surface area (Å²) in [5, 5.41) is 8.77. The minimum absolute atomic E-state index is 0.116. The van der Waals surface area contributed by atoms with Gasteiger partial charge >= 0.3 is 0 Å². The number of hydrogen-bond acceptors (Lipinski definition) is 5. The Labute approximate surface area is 171 Å². The van der Waals surface area contributed by atoms with Gasteiger partial charge in [-0.3, -0.25) is 9.59 Å². The molecule has 0 atom stereocenters. The van der Waals surface area contributed by atoms with Crippen LogP contribution in [0.15, 0.2) is 47.8 Å². The monoisotopic (exact) mass is 415 g/mol. The highest BCUT2D eigenvalue weighted by Crippen LogP contribution is 2.29. The zero-order valence-electron chi connectivity index (χ0n) is 15.3. The third kappa shape index (κ3) is 5.09. The van der Waals surface area contributed by atoms with Crippen LogP contribution in [0, 0.1) is 0 Å². The first kappa shape index (κ1) is 19.9. The summed E-state index contributed by atoms with van der Waals surface area (Å²) in [6.45, 7) is 1.42. The molecule has 0 saturated carbocycles. The number of benzene rings is 2. The molecule has 0 aliphatic heterocycles. The first-order chi connectivity index (χ1) is 13.4. The van der Waals surface area contributed by atoms with Crippen LogP contribution in [0.4, 0.5) is 11.4 Å². The van der Waals surface area contributed by atoms with Gasteiger partial charge in [-0.25, -0.2) is 4.98 Å². The minimum atomic E-state index is -0.235. The lowest BCUT2D eigenvalue weighted by Gasteiger charge is -2.12. The fourth-order valence-electron chi connectivity index (χ4n) is 2.59. The topological polar surface area (TPSA) is 80.3 Å². The average Bonchev–Trinajstić information content (AvgIpc) is 3.10. The largest absolute Gasteiger partial charge is 0.495 e. The molecule has 0 fully saturated rings. The second-order valence-electron chi connectivity index (χ2n) is 5.98. The third-order valence-corrected chi connectivity index (χ3v) is 4.93. The van der Waals surface area contributed by atoms with Gasteiger partial charge in [0.15, 0.2) is 0 Å². The van der Waals surface area contributed by atoms with Crippen molar-refractivity contribution in [3.05, 3.63) is 58.6 Å². The molecule has 3 aromatic rings. The number of carbonyl (C=O) groups is 2. The first-order valence-corrected chi connectivity index (χ1v) is 9.66. The molecule has 0 bridgehead atoms. The molecule has 1 heterocycles. The van der Waals surface area contributed by atoms with Crippen molar-refractivity contribution in [1.82, 2.24) is 4.98 Å². The number of amides is 2. The second kappa shape index (κ2) is 8.86. The highest BCUT2D eigenvalue weighted by Gasteiger charge is 2.13. The second-order valence-corrected chi connectivity index (χ2v) is 7.27. The minimum Gasteiger partial charge on any atom is -0.495 e. The SMILES string of the molecule is COc1ccc(NC(C)=O)cc1NC(=O)Cc1csc(-c2cccc(Cl)c2)n1. The number of aromatic nitrogens is 1. The van der Waals surface area contributed by atoms with Gasteiger partial charge in [-0.05, 0) is 30.3 Å². The molecule has 0 unspecified atom stereocenters. The number of methoxy groups -OCH3 is 1. The number of nitrogens with zero attached hydrogens (tertiary/aromatic N) is 1. The highest BCUT2D eigenvalue weighted by molar-refractivity contribution is 7.13. The van der Waals surface area contributed by atoms with Crippen molar-refractivity contribution in [2.45, 2.75) is 13.3 Å². The number of anilines is 2. The van der Waals surface area contributed by atoms with Crippen LogP contribution < -0.4 is 15.4 Å². The smallest absolute Gasteiger partial charge is 0.230 e. The quantitative estimate of drug-likeness (QED) is 0.616. The maximum Gasteiger partial charge on any atom is 0.230 e. The van der Waals surface area contributed by atoms with E-state index in [9.17, 15) is 9.59 Å². The standard InChI is InChI=1S/C20H18ClN3O3S/c1-12(25)22-15-6-7-18(27-2)17(9-15)24-19(26)10-16-11-28-20(23-16)13-4-3-5-14(21)8-13/h3-9,11H,10H2,1-2H3,(H,22,25)(H,24,26). The van der Waals surface area contributed by atoms with E-state index in [0.717, 1.165) is 10.6 Å². The van der Waals surface area contributed by atoms with E-state index in [4.69, 9.17) is 16.3 Å². The van der Waals surface area contributed by atoms with Gasteiger partial charge in [0.2, 0.25) is 11.8 Å². The zero-order chi connectivity index (χ0) is 20.1. The summed E-state index contributed by atoms with van der Waals surface area (Å²) >= 11 is 7.48. The number of carbonyl (C=O) groups excluding carboxylic acids is 2. The van der Waals surface area contributed by atoms with Crippen molar-refractivity contribution in [2.75, 3.05) is 17.7 Å². The Morgan fingerprint density at radius 1 is 1.18 bits per heavy atom. The van der Waals surface area contributed by atoms with E-state index in [0.29, 0.717) is 27.8 Å². The molecule has 2 N–H and O–H groups in total. The first-order valence-electron chi connectivity index (χ1n) is 8.40. The molecular weight excluding hydrogens is 398 g/mol. The number of halogens is 1. The summed E-state index contributed by atoms with van der Waals surface area (Å²) in [5.74, 6) is 0.0695. The van der Waals surface area contributed by atoms with Crippen molar-refractivity contribution >= 4 is 46.1 Å². The van der Waals surface area contributed by atoms with Crippen LogP contribution in [0.3, 0.4) is 0 Å². The van der Waals surface area contributed by atoms with Gasteiger partial charge in [0.05, 0.1) is 24.9 Å². The lowest BCUT2D eigenvalue weighted by molar-refractivity contribution is -0.116. The van der Waals surface area contributed by atoms with E-state index in [2.05, 4.69) is 15.6 Å². The Morgan fingerprint density at radius 3 is 2.71 bits per heavy atom. The van der Waals surface area contributed by atoms with E-state index < -0.39 is 0 Å². The maximum atomic E-state index is 12.5. The van der Waals surface area contributed by atoms with E-state index in [1.54, 1.807) is 24.3 Å². The van der Waals surface area contributed by atoms with Gasteiger partial charge in [0, 0.05) is 28.6 Å². The number of nitrogens with one attached hydrogen (secondary N) is 2. The number of rotatable bonds is 6. The van der Waals surface area contributed by atoms with Crippen LogP contribution in [0.5, 0.6) is 5.75 Å². The normalized spacial score (nSPS) is 10.4. The van der Waals surface area contributed by atoms with Crippen molar-refractivity contribution in [2.24, 2.45) is 0 Å². The fourth-order valence-corrected chi connectivity index (χ4v) is 3.59. The Hall–Kier alpha value is -2.90. The van der Waals surface area contributed by atoms with Crippen LogP contribution in [-0.4, -0.2) is 23.9 Å². The summed E-state index contributed by atoms with van der Waals surface area (Å²) in [6, 6.07) is 12.5. The van der Waals surface area contributed by atoms with Crippen molar-refractivity contribution in [3.63, 3.8) is 0 Å². The van der Waals surface area contributed by atoms with Crippen molar-refractivity contribution < 1.29 is 14.3 Å². The molecule has 6 nitrogen and oxygen atoms in total. The zero-order valence-corrected chi connectivity index (χ0v) is 16.9. The molecule has 0 spiro atoms. The molecule has 2 amide bonds. The molecule has 3 rings (SSSR count). The molecule has 0 radical (unpaired) electrons. The van der Waals surface area contributed by atoms with Gasteiger partial charge in [0.1, 0.15) is 10.8 Å². The van der Waals surface area contributed by atoms with Crippen LogP contribution in [0.1, 0.15) is 12.6 Å². The van der Waals surface area contributed by atoms with E-state index in [1.165, 1.54) is 25.4 Å². The summed E-state index contributed by atoms with van der Waals surface area (Å²) in [5.41, 5.74) is 2.62. The molecule has 0 saturated heterocycles. The molecule has 8 heteroatoms. The van der Waals surface area contributed by atoms with E-state index in [1.807, 2.05) is 23.6 Å². The van der Waals surface area contributed by atoms with Gasteiger partial charge in [0.25, 0.3) is 0 Å². The summed E-state index contributed by atoms with van der Waals surface area (Å²) < 4.78 is 5.28. The highest BCUT2D eigenvalue weighted by atomic mass is 35.5. The number of hydrogen-bond donors (Lipinski definition) is 2. The molecule has 144 valence electrons. The lowest BCUT2D eigenvalue weighted by Crippen LogP contribution is -2.15. The van der Waals surface area contributed by atoms with E-state index in [-0.39, 0.29) is 18.2 Å².